The standard InChI is InChI=1S/C18H21N5O.2ClH/c1-11-5-2-3-7-14(11)21-18-22-15(17(24)23-18)9-12-10-20-16-13(12)6-4-8-19-16;;/h4,6,8-11,14H,2-3,5,7H2,1H3,(H,19,20)(H2,21,22,23,24);2*1H/b15-9-;;. The largest absolute Gasteiger partial charge is 0.353 e. The minimum absolute atomic E-state index is 0. The van der Waals surface area contributed by atoms with Gasteiger partial charge in [-0.15, -0.1) is 24.8 Å². The molecule has 1 amide bonds. The predicted octanol–water partition coefficient (Wildman–Crippen LogP) is 3.40. The molecule has 2 aliphatic rings. The minimum Gasteiger partial charge on any atom is -0.353 e. The molecule has 1 fully saturated rings. The Bertz CT molecular complexity index is 845. The highest BCUT2D eigenvalue weighted by Crippen LogP contribution is 2.24. The zero-order chi connectivity index (χ0) is 16.5. The maximum absolute atomic E-state index is 12.2. The maximum atomic E-state index is 12.2. The third-order valence-electron chi connectivity index (χ3n) is 4.91. The molecule has 0 aromatic carbocycles. The van der Waals surface area contributed by atoms with E-state index in [9.17, 15) is 4.79 Å². The number of aliphatic imine (C=N–C) groups is 1. The van der Waals surface area contributed by atoms with E-state index in [0.717, 1.165) is 23.0 Å². The number of amides is 1. The lowest BCUT2D eigenvalue weighted by molar-refractivity contribution is -0.115. The first-order valence-corrected chi connectivity index (χ1v) is 8.51. The zero-order valence-electron chi connectivity index (χ0n) is 14.5. The molecule has 2 atom stereocenters. The molecule has 3 N–H and O–H groups in total. The summed E-state index contributed by atoms with van der Waals surface area (Å²) in [5.74, 6) is 1.01. The van der Waals surface area contributed by atoms with Crippen molar-refractivity contribution in [1.82, 2.24) is 20.6 Å². The normalized spacial score (nSPS) is 23.8. The Morgan fingerprint density at radius 1 is 1.27 bits per heavy atom. The third kappa shape index (κ3) is 4.02. The van der Waals surface area contributed by atoms with E-state index < -0.39 is 0 Å². The molecule has 26 heavy (non-hydrogen) atoms. The van der Waals surface area contributed by atoms with Gasteiger partial charge in [-0.1, -0.05) is 19.8 Å². The number of H-pyrrole nitrogens is 1. The molecule has 1 aliphatic heterocycles. The van der Waals surface area contributed by atoms with E-state index in [-0.39, 0.29) is 30.7 Å². The van der Waals surface area contributed by atoms with Crippen molar-refractivity contribution >= 4 is 53.8 Å². The molecular weight excluding hydrogens is 373 g/mol. The monoisotopic (exact) mass is 395 g/mol. The molecule has 1 aliphatic carbocycles. The minimum atomic E-state index is -0.167. The summed E-state index contributed by atoms with van der Waals surface area (Å²) in [6.45, 7) is 2.25. The van der Waals surface area contributed by atoms with Crippen LogP contribution in [0.25, 0.3) is 17.1 Å². The average molecular weight is 396 g/mol. The Morgan fingerprint density at radius 3 is 2.88 bits per heavy atom. The number of aromatic nitrogens is 2. The lowest BCUT2D eigenvalue weighted by atomic mass is 9.86. The molecule has 2 aromatic rings. The summed E-state index contributed by atoms with van der Waals surface area (Å²) in [4.78, 5) is 24.0. The van der Waals surface area contributed by atoms with E-state index in [1.165, 1.54) is 19.3 Å². The molecule has 1 saturated carbocycles. The summed E-state index contributed by atoms with van der Waals surface area (Å²) in [5.41, 5.74) is 2.14. The third-order valence-corrected chi connectivity index (χ3v) is 4.91. The fourth-order valence-corrected chi connectivity index (χ4v) is 3.49. The molecule has 0 radical (unpaired) electrons. The van der Waals surface area contributed by atoms with E-state index in [1.54, 1.807) is 12.3 Å². The van der Waals surface area contributed by atoms with Crippen LogP contribution in [-0.4, -0.2) is 27.9 Å². The predicted molar refractivity (Wildman–Crippen MR) is 109 cm³/mol. The average Bonchev–Trinajstić information content (AvgIpc) is 3.14. The van der Waals surface area contributed by atoms with Crippen LogP contribution in [0.1, 0.15) is 38.2 Å². The van der Waals surface area contributed by atoms with Crippen LogP contribution in [0.2, 0.25) is 0 Å². The van der Waals surface area contributed by atoms with Gasteiger partial charge in [0.25, 0.3) is 5.91 Å². The van der Waals surface area contributed by atoms with E-state index in [4.69, 9.17) is 0 Å². The summed E-state index contributed by atoms with van der Waals surface area (Å²) in [7, 11) is 0. The van der Waals surface area contributed by atoms with E-state index in [1.807, 2.05) is 18.3 Å². The molecule has 2 aromatic heterocycles. The van der Waals surface area contributed by atoms with Crippen LogP contribution >= 0.6 is 24.8 Å². The molecule has 3 heterocycles. The van der Waals surface area contributed by atoms with Crippen molar-refractivity contribution in [2.75, 3.05) is 0 Å². The summed E-state index contributed by atoms with van der Waals surface area (Å²) < 4.78 is 0. The van der Waals surface area contributed by atoms with Crippen molar-refractivity contribution in [3.05, 3.63) is 35.8 Å². The highest BCUT2D eigenvalue weighted by atomic mass is 35.5. The van der Waals surface area contributed by atoms with Gasteiger partial charge in [-0.3, -0.25) is 10.1 Å². The lowest BCUT2D eigenvalue weighted by Crippen LogP contribution is -2.46. The molecule has 2 unspecified atom stereocenters. The highest BCUT2D eigenvalue weighted by Gasteiger charge is 2.26. The smallest absolute Gasteiger partial charge is 0.276 e. The number of pyridine rings is 1. The number of guanidine groups is 1. The number of rotatable bonds is 2. The van der Waals surface area contributed by atoms with E-state index in [2.05, 4.69) is 32.5 Å². The van der Waals surface area contributed by atoms with Gasteiger partial charge in [-0.25, -0.2) is 9.98 Å². The Morgan fingerprint density at radius 2 is 2.08 bits per heavy atom. The summed E-state index contributed by atoms with van der Waals surface area (Å²) in [6.07, 6.45) is 10.3. The van der Waals surface area contributed by atoms with Gasteiger partial charge in [-0.05, 0) is 37.0 Å². The SMILES string of the molecule is CC1CCCCC1NC1=N/C(=C\c2c[nH]c3ncccc23)C(=O)N1.Cl.Cl. The number of hydrogen-bond acceptors (Lipinski definition) is 4. The summed E-state index contributed by atoms with van der Waals surface area (Å²) in [6, 6.07) is 4.24. The Labute approximate surface area is 164 Å². The van der Waals surface area contributed by atoms with Crippen molar-refractivity contribution < 1.29 is 4.79 Å². The first kappa shape index (κ1) is 20.3. The Kier molecular flexibility index (Phi) is 6.67. The fourth-order valence-electron chi connectivity index (χ4n) is 3.49. The molecule has 6 nitrogen and oxygen atoms in total. The maximum Gasteiger partial charge on any atom is 0.276 e. The molecule has 8 heteroatoms. The van der Waals surface area contributed by atoms with Crippen LogP contribution in [0.15, 0.2) is 35.2 Å². The first-order valence-electron chi connectivity index (χ1n) is 8.51. The van der Waals surface area contributed by atoms with Crippen LogP contribution in [0.3, 0.4) is 0 Å². The van der Waals surface area contributed by atoms with Gasteiger partial charge in [-0.2, -0.15) is 0 Å². The second-order valence-corrected chi connectivity index (χ2v) is 6.60. The Balaban J connectivity index is 0.00000121. The summed E-state index contributed by atoms with van der Waals surface area (Å²) >= 11 is 0. The molecule has 0 bridgehead atoms. The fraction of sp³-hybridized carbons (Fsp3) is 0.389. The van der Waals surface area contributed by atoms with Crippen LogP contribution in [0, 0.1) is 5.92 Å². The lowest BCUT2D eigenvalue weighted by Gasteiger charge is -2.29. The van der Waals surface area contributed by atoms with E-state index >= 15 is 0 Å². The van der Waals surface area contributed by atoms with Crippen LogP contribution < -0.4 is 10.6 Å². The van der Waals surface area contributed by atoms with Gasteiger partial charge < -0.3 is 10.3 Å². The number of halogens is 2. The number of aromatic amines is 1. The molecule has 140 valence electrons. The van der Waals surface area contributed by atoms with Gasteiger partial charge in [0.05, 0.1) is 0 Å². The molecular formula is C18H23Cl2N5O. The number of hydrogen-bond donors (Lipinski definition) is 3. The number of nitrogens with one attached hydrogen (secondary N) is 3. The molecule has 0 spiro atoms. The number of nitrogens with zero attached hydrogens (tertiary/aromatic N) is 2. The molecule has 4 rings (SSSR count). The first-order chi connectivity index (χ1) is 11.7. The quantitative estimate of drug-likeness (QED) is 0.681. The second-order valence-electron chi connectivity index (χ2n) is 6.60. The number of carbonyl (C=O) groups is 1. The topological polar surface area (TPSA) is 82.2 Å². The van der Waals surface area contributed by atoms with Gasteiger partial charge in [0.2, 0.25) is 5.96 Å². The van der Waals surface area contributed by atoms with Gasteiger partial charge in [0, 0.05) is 29.4 Å². The van der Waals surface area contributed by atoms with Gasteiger partial charge in [0.15, 0.2) is 0 Å². The van der Waals surface area contributed by atoms with Gasteiger partial charge >= 0.3 is 0 Å². The zero-order valence-corrected chi connectivity index (χ0v) is 16.1. The molecule has 0 saturated heterocycles. The van der Waals surface area contributed by atoms with Crippen molar-refractivity contribution in [3.8, 4) is 0 Å². The Hall–Kier alpha value is -2.05. The summed E-state index contributed by atoms with van der Waals surface area (Å²) in [5, 5.41) is 7.22. The highest BCUT2D eigenvalue weighted by molar-refractivity contribution is 6.14. The van der Waals surface area contributed by atoms with Crippen LogP contribution in [0.4, 0.5) is 0 Å². The van der Waals surface area contributed by atoms with Crippen molar-refractivity contribution in [3.63, 3.8) is 0 Å². The van der Waals surface area contributed by atoms with Crippen molar-refractivity contribution in [2.24, 2.45) is 10.9 Å². The van der Waals surface area contributed by atoms with Crippen LogP contribution in [-0.2, 0) is 4.79 Å². The van der Waals surface area contributed by atoms with Crippen LogP contribution in [0.5, 0.6) is 0 Å². The second kappa shape index (κ2) is 8.56. The van der Waals surface area contributed by atoms with Gasteiger partial charge in [0.1, 0.15) is 11.3 Å². The number of fused-ring (bicyclic) bond motifs is 1. The van der Waals surface area contributed by atoms with Crippen molar-refractivity contribution in [2.45, 2.75) is 38.6 Å². The van der Waals surface area contributed by atoms with Crippen molar-refractivity contribution in [1.29, 1.82) is 0 Å². The van der Waals surface area contributed by atoms with E-state index in [0.29, 0.717) is 23.6 Å². The number of carbonyl (C=O) groups excluding carboxylic acids is 1.